The Balaban J connectivity index is 1.57. The lowest BCUT2D eigenvalue weighted by molar-refractivity contribution is 0.599. The number of aliphatic imine (C=N–C) groups is 1. The first-order valence-corrected chi connectivity index (χ1v) is 10.3. The quantitative estimate of drug-likeness (QED) is 0.312. The Bertz CT molecular complexity index is 986. The summed E-state index contributed by atoms with van der Waals surface area (Å²) in [6.07, 6.45) is 2.48. The minimum atomic E-state index is -0.362. The molecule has 2 N–H and O–H groups in total. The van der Waals surface area contributed by atoms with E-state index in [2.05, 4.69) is 54.9 Å². The predicted octanol–water partition coefficient (Wildman–Crippen LogP) is 2.42. The van der Waals surface area contributed by atoms with Crippen molar-refractivity contribution in [2.75, 3.05) is 25.0 Å². The molecule has 0 spiro atoms. The molecule has 0 radical (unpaired) electrons. The maximum atomic E-state index is 13.9. The summed E-state index contributed by atoms with van der Waals surface area (Å²) in [6.45, 7) is 4.10. The Morgan fingerprint density at radius 3 is 2.65 bits per heavy atom. The van der Waals surface area contributed by atoms with Gasteiger partial charge in [0.2, 0.25) is 0 Å². The van der Waals surface area contributed by atoms with Gasteiger partial charge in [0, 0.05) is 39.1 Å². The van der Waals surface area contributed by atoms with Gasteiger partial charge < -0.3 is 20.1 Å². The SMILES string of the molecule is Cc1nnc(CNC(=NCc2ncccc2F)NCCCN(C)c2ccccc2)n1C. The van der Waals surface area contributed by atoms with E-state index in [-0.39, 0.29) is 12.4 Å². The second-order valence-electron chi connectivity index (χ2n) is 7.21. The Morgan fingerprint density at radius 1 is 1.13 bits per heavy atom. The van der Waals surface area contributed by atoms with E-state index in [1.54, 1.807) is 12.3 Å². The number of guanidine groups is 1. The van der Waals surface area contributed by atoms with Crippen molar-refractivity contribution in [1.82, 2.24) is 30.4 Å². The predicted molar refractivity (Wildman–Crippen MR) is 120 cm³/mol. The third kappa shape index (κ3) is 6.50. The highest BCUT2D eigenvalue weighted by atomic mass is 19.1. The number of halogens is 1. The van der Waals surface area contributed by atoms with Gasteiger partial charge >= 0.3 is 0 Å². The van der Waals surface area contributed by atoms with Gasteiger partial charge in [-0.05, 0) is 37.6 Å². The number of rotatable bonds is 9. The van der Waals surface area contributed by atoms with Crippen LogP contribution in [0.3, 0.4) is 0 Å². The number of hydrogen-bond acceptors (Lipinski definition) is 5. The van der Waals surface area contributed by atoms with E-state index >= 15 is 0 Å². The number of nitrogens with one attached hydrogen (secondary N) is 2. The Hall–Kier alpha value is -3.49. The molecule has 31 heavy (non-hydrogen) atoms. The molecule has 3 rings (SSSR count). The number of anilines is 1. The van der Waals surface area contributed by atoms with E-state index in [4.69, 9.17) is 0 Å². The number of benzene rings is 1. The highest BCUT2D eigenvalue weighted by Gasteiger charge is 2.08. The summed E-state index contributed by atoms with van der Waals surface area (Å²) in [4.78, 5) is 10.8. The third-order valence-electron chi connectivity index (χ3n) is 4.98. The molecule has 1 aromatic carbocycles. The molecule has 164 valence electrons. The minimum absolute atomic E-state index is 0.143. The van der Waals surface area contributed by atoms with Crippen molar-refractivity contribution in [3.8, 4) is 0 Å². The van der Waals surface area contributed by atoms with Crippen molar-refractivity contribution in [2.45, 2.75) is 26.4 Å². The Labute approximate surface area is 182 Å². The highest BCUT2D eigenvalue weighted by molar-refractivity contribution is 5.79. The summed E-state index contributed by atoms with van der Waals surface area (Å²) in [5.74, 6) is 1.84. The molecular formula is C22H29FN8. The van der Waals surface area contributed by atoms with Crippen molar-refractivity contribution in [3.05, 3.63) is 71.8 Å². The first kappa shape index (κ1) is 22.2. The summed E-state index contributed by atoms with van der Waals surface area (Å²) in [5.41, 5.74) is 1.49. The average molecular weight is 425 g/mol. The zero-order valence-electron chi connectivity index (χ0n) is 18.2. The maximum absolute atomic E-state index is 13.9. The van der Waals surface area contributed by atoms with Gasteiger partial charge in [0.05, 0.1) is 18.8 Å². The van der Waals surface area contributed by atoms with E-state index in [0.29, 0.717) is 24.7 Å². The van der Waals surface area contributed by atoms with Gasteiger partial charge in [-0.2, -0.15) is 0 Å². The molecule has 0 aliphatic heterocycles. The molecule has 2 heterocycles. The van der Waals surface area contributed by atoms with Crippen molar-refractivity contribution in [3.63, 3.8) is 0 Å². The van der Waals surface area contributed by atoms with Crippen LogP contribution < -0.4 is 15.5 Å². The van der Waals surface area contributed by atoms with Gasteiger partial charge in [-0.3, -0.25) is 4.98 Å². The number of para-hydroxylation sites is 1. The molecule has 0 saturated carbocycles. The smallest absolute Gasteiger partial charge is 0.192 e. The molecule has 9 heteroatoms. The van der Waals surface area contributed by atoms with Crippen LogP contribution in [0.15, 0.2) is 53.7 Å². The summed E-state index contributed by atoms with van der Waals surface area (Å²) >= 11 is 0. The number of pyridine rings is 1. The number of aromatic nitrogens is 4. The molecule has 2 aromatic heterocycles. The number of hydrogen-bond donors (Lipinski definition) is 2. The molecule has 3 aromatic rings. The number of nitrogens with zero attached hydrogens (tertiary/aromatic N) is 6. The van der Waals surface area contributed by atoms with Crippen LogP contribution in [0.4, 0.5) is 10.1 Å². The lowest BCUT2D eigenvalue weighted by atomic mass is 10.3. The molecule has 0 fully saturated rings. The molecule has 0 aliphatic carbocycles. The zero-order chi connectivity index (χ0) is 22.1. The van der Waals surface area contributed by atoms with Gasteiger partial charge in [0.25, 0.3) is 0 Å². The fourth-order valence-corrected chi connectivity index (χ4v) is 2.97. The standard InChI is InChI=1S/C22H29FN8/c1-17-28-29-21(31(17)3)16-27-22(26-15-20-19(23)11-7-12-24-20)25-13-8-14-30(2)18-9-5-4-6-10-18/h4-7,9-12H,8,13-16H2,1-3H3,(H2,25,26,27). The molecule has 0 atom stereocenters. The molecular weight excluding hydrogens is 395 g/mol. The van der Waals surface area contributed by atoms with E-state index in [9.17, 15) is 4.39 Å². The second-order valence-corrected chi connectivity index (χ2v) is 7.21. The third-order valence-corrected chi connectivity index (χ3v) is 4.98. The molecule has 0 bridgehead atoms. The van der Waals surface area contributed by atoms with Crippen LogP contribution in [0, 0.1) is 12.7 Å². The van der Waals surface area contributed by atoms with Crippen molar-refractivity contribution < 1.29 is 4.39 Å². The fraction of sp³-hybridized carbons (Fsp3) is 0.364. The van der Waals surface area contributed by atoms with Gasteiger partial charge in [-0.25, -0.2) is 9.38 Å². The topological polar surface area (TPSA) is 83.3 Å². The van der Waals surface area contributed by atoms with E-state index in [0.717, 1.165) is 24.6 Å². The summed E-state index contributed by atoms with van der Waals surface area (Å²) in [7, 11) is 3.99. The van der Waals surface area contributed by atoms with Crippen LogP contribution in [-0.4, -0.2) is 45.8 Å². The maximum Gasteiger partial charge on any atom is 0.192 e. The lowest BCUT2D eigenvalue weighted by Crippen LogP contribution is -2.39. The fourth-order valence-electron chi connectivity index (χ4n) is 2.97. The van der Waals surface area contributed by atoms with E-state index in [1.165, 1.54) is 11.8 Å². The molecule has 0 aliphatic rings. The first-order valence-electron chi connectivity index (χ1n) is 10.3. The van der Waals surface area contributed by atoms with E-state index in [1.807, 2.05) is 36.7 Å². The average Bonchev–Trinajstić information content (AvgIpc) is 3.11. The van der Waals surface area contributed by atoms with Crippen molar-refractivity contribution >= 4 is 11.6 Å². The van der Waals surface area contributed by atoms with Gasteiger partial charge in [0.15, 0.2) is 11.8 Å². The normalized spacial score (nSPS) is 11.4. The summed E-state index contributed by atoms with van der Waals surface area (Å²) in [5, 5.41) is 14.8. The van der Waals surface area contributed by atoms with Gasteiger partial charge in [-0.15, -0.1) is 10.2 Å². The number of aryl methyl sites for hydroxylation is 1. The highest BCUT2D eigenvalue weighted by Crippen LogP contribution is 2.10. The van der Waals surface area contributed by atoms with Gasteiger partial charge in [0.1, 0.15) is 11.6 Å². The summed E-state index contributed by atoms with van der Waals surface area (Å²) < 4.78 is 15.8. The van der Waals surface area contributed by atoms with Crippen LogP contribution in [0.5, 0.6) is 0 Å². The van der Waals surface area contributed by atoms with Crippen LogP contribution in [0.2, 0.25) is 0 Å². The molecule has 0 unspecified atom stereocenters. The second kappa shape index (κ2) is 11.1. The van der Waals surface area contributed by atoms with Crippen LogP contribution in [-0.2, 0) is 20.1 Å². The molecule has 8 nitrogen and oxygen atoms in total. The van der Waals surface area contributed by atoms with Gasteiger partial charge in [-0.1, -0.05) is 18.2 Å². The summed E-state index contributed by atoms with van der Waals surface area (Å²) in [6, 6.07) is 13.2. The molecule has 0 amide bonds. The minimum Gasteiger partial charge on any atom is -0.375 e. The largest absolute Gasteiger partial charge is 0.375 e. The lowest BCUT2D eigenvalue weighted by Gasteiger charge is -2.19. The molecule has 0 saturated heterocycles. The van der Waals surface area contributed by atoms with Crippen molar-refractivity contribution in [2.24, 2.45) is 12.0 Å². The monoisotopic (exact) mass is 424 g/mol. The van der Waals surface area contributed by atoms with Crippen LogP contribution >= 0.6 is 0 Å². The van der Waals surface area contributed by atoms with Crippen molar-refractivity contribution in [1.29, 1.82) is 0 Å². The van der Waals surface area contributed by atoms with Crippen LogP contribution in [0.25, 0.3) is 0 Å². The first-order chi connectivity index (χ1) is 15.0. The zero-order valence-corrected chi connectivity index (χ0v) is 18.2. The van der Waals surface area contributed by atoms with E-state index < -0.39 is 0 Å². The van der Waals surface area contributed by atoms with Crippen LogP contribution in [0.1, 0.15) is 23.8 Å². The Morgan fingerprint density at radius 2 is 1.94 bits per heavy atom. The Kier molecular flexibility index (Phi) is 7.91.